The van der Waals surface area contributed by atoms with Crippen LogP contribution in [0.1, 0.15) is 51.0 Å². The third-order valence-corrected chi connectivity index (χ3v) is 8.27. The zero-order chi connectivity index (χ0) is 29.1. The molecule has 2 aliphatic rings. The zero-order valence-corrected chi connectivity index (χ0v) is 23.4. The number of piperidine rings is 1. The first kappa shape index (κ1) is 30.8. The Morgan fingerprint density at radius 2 is 2.00 bits per heavy atom. The molecule has 2 amide bonds. The lowest BCUT2D eigenvalue weighted by molar-refractivity contribution is -0.144. The van der Waals surface area contributed by atoms with Gasteiger partial charge < -0.3 is 25.7 Å². The third kappa shape index (κ3) is 9.20. The van der Waals surface area contributed by atoms with Crippen molar-refractivity contribution in [2.45, 2.75) is 62.4 Å². The number of hydrazone groups is 1. The normalized spacial score (nSPS) is 18.1. The van der Waals surface area contributed by atoms with Crippen molar-refractivity contribution >= 4 is 34.1 Å². The summed E-state index contributed by atoms with van der Waals surface area (Å²) in [4.78, 5) is 41.9. The van der Waals surface area contributed by atoms with Gasteiger partial charge in [-0.3, -0.25) is 14.4 Å². The average molecular weight is 576 g/mol. The second-order valence-corrected chi connectivity index (χ2v) is 11.6. The van der Waals surface area contributed by atoms with E-state index < -0.39 is 40.3 Å². The molecule has 0 radical (unpaired) electrons. The highest BCUT2D eigenvalue weighted by atomic mass is 32.2. The number of amides is 2. The number of nitrogens with two attached hydrogens (primary N) is 1. The molecule has 1 saturated heterocycles. The van der Waals surface area contributed by atoms with Gasteiger partial charge in [-0.25, -0.2) is 8.42 Å². The van der Waals surface area contributed by atoms with Gasteiger partial charge in [0.25, 0.3) is 0 Å². The molecule has 0 bridgehead atoms. The lowest BCUT2D eigenvalue weighted by Crippen LogP contribution is -2.52. The number of carbonyl (C=O) groups excluding carboxylic acids is 3. The van der Waals surface area contributed by atoms with E-state index in [1.807, 2.05) is 11.0 Å². The smallest absolute Gasteiger partial charge is 0.307 e. The van der Waals surface area contributed by atoms with Gasteiger partial charge in [0.2, 0.25) is 21.8 Å². The standard InChI is InChI=1S/C26H37N7O6S/c1-2-39-25(35)11-13-33(21-7-8-21)26(36)23(31-40(37,38)22-9-5-19(15-27)6-10-22)14-24(34)29-16-20-4-3-12-32(17-20)18-30-28/h5-6,9-10,18,20-21,23,31H,2-4,7-8,11-14,16-17,28H2,1H3,(H,29,34)/t20-,23-/m0/s1. The summed E-state index contributed by atoms with van der Waals surface area (Å²) in [5, 5.41) is 15.4. The average Bonchev–Trinajstić information content (AvgIpc) is 3.77. The molecule has 2 fully saturated rings. The molecular weight excluding hydrogens is 538 g/mol. The number of ether oxygens (including phenoxy) is 1. The van der Waals surface area contributed by atoms with Crippen molar-refractivity contribution in [2.75, 3.05) is 32.8 Å². The van der Waals surface area contributed by atoms with Crippen molar-refractivity contribution in [1.82, 2.24) is 19.8 Å². The van der Waals surface area contributed by atoms with E-state index in [1.54, 1.807) is 13.3 Å². The molecule has 1 aromatic rings. The van der Waals surface area contributed by atoms with Crippen LogP contribution in [0.3, 0.4) is 0 Å². The molecule has 1 aliphatic heterocycles. The molecule has 14 heteroatoms. The molecule has 0 spiro atoms. The van der Waals surface area contributed by atoms with E-state index >= 15 is 0 Å². The SMILES string of the molecule is CCOC(=O)CCN(C(=O)[C@H](CC(=O)NC[C@@H]1CCCN(C=NN)C1)NS(=O)(=O)c1ccc(C#N)cc1)C1CC1. The maximum atomic E-state index is 13.7. The largest absolute Gasteiger partial charge is 0.466 e. The van der Waals surface area contributed by atoms with Gasteiger partial charge in [0.1, 0.15) is 12.4 Å². The molecule has 1 heterocycles. The quantitative estimate of drug-likeness (QED) is 0.0920. The van der Waals surface area contributed by atoms with Crippen molar-refractivity contribution in [3.8, 4) is 6.07 Å². The zero-order valence-electron chi connectivity index (χ0n) is 22.6. The predicted octanol–water partition coefficient (Wildman–Crippen LogP) is 0.270. The van der Waals surface area contributed by atoms with E-state index in [0.717, 1.165) is 32.2 Å². The minimum atomic E-state index is -4.21. The lowest BCUT2D eigenvalue weighted by atomic mass is 9.98. The summed E-state index contributed by atoms with van der Waals surface area (Å²) in [5.41, 5.74) is 0.281. The fourth-order valence-electron chi connectivity index (χ4n) is 4.63. The van der Waals surface area contributed by atoms with E-state index in [0.29, 0.717) is 13.1 Å². The lowest BCUT2D eigenvalue weighted by Gasteiger charge is -2.31. The second-order valence-electron chi connectivity index (χ2n) is 9.90. The maximum absolute atomic E-state index is 13.7. The van der Waals surface area contributed by atoms with Gasteiger partial charge in [0.05, 0.1) is 36.0 Å². The number of esters is 1. The summed E-state index contributed by atoms with van der Waals surface area (Å²) >= 11 is 0. The molecular formula is C26H37N7O6S. The number of carbonyl (C=O) groups is 3. The monoisotopic (exact) mass is 575 g/mol. The molecule has 1 aromatic carbocycles. The number of nitrogens with one attached hydrogen (secondary N) is 2. The van der Waals surface area contributed by atoms with Crippen LogP contribution in [0.2, 0.25) is 0 Å². The highest BCUT2D eigenvalue weighted by Crippen LogP contribution is 2.28. The van der Waals surface area contributed by atoms with Crippen molar-refractivity contribution in [3.05, 3.63) is 29.8 Å². The topological polar surface area (TPSA) is 187 Å². The van der Waals surface area contributed by atoms with Crippen LogP contribution >= 0.6 is 0 Å². The fourth-order valence-corrected chi connectivity index (χ4v) is 5.82. The van der Waals surface area contributed by atoms with E-state index in [2.05, 4.69) is 15.1 Å². The minimum Gasteiger partial charge on any atom is -0.466 e. The molecule has 3 rings (SSSR count). The van der Waals surface area contributed by atoms with Crippen molar-refractivity contribution in [1.29, 1.82) is 5.26 Å². The first-order chi connectivity index (χ1) is 19.2. The number of nitrogens with zero attached hydrogens (tertiary/aromatic N) is 4. The van der Waals surface area contributed by atoms with Crippen LogP contribution < -0.4 is 15.9 Å². The number of likely N-dealkylation sites (tertiary alicyclic amines) is 1. The van der Waals surface area contributed by atoms with E-state index in [9.17, 15) is 22.8 Å². The molecule has 1 saturated carbocycles. The predicted molar refractivity (Wildman–Crippen MR) is 146 cm³/mol. The van der Waals surface area contributed by atoms with Crippen LogP contribution in [-0.4, -0.2) is 87.2 Å². The van der Waals surface area contributed by atoms with Gasteiger partial charge in [-0.15, -0.1) is 0 Å². The number of sulfonamides is 1. The van der Waals surface area contributed by atoms with Gasteiger partial charge in [0.15, 0.2) is 0 Å². The van der Waals surface area contributed by atoms with Crippen LogP contribution in [0.5, 0.6) is 0 Å². The molecule has 218 valence electrons. The summed E-state index contributed by atoms with van der Waals surface area (Å²) in [7, 11) is -4.21. The van der Waals surface area contributed by atoms with E-state index in [1.165, 1.54) is 29.2 Å². The molecule has 40 heavy (non-hydrogen) atoms. The van der Waals surface area contributed by atoms with Gasteiger partial charge in [0, 0.05) is 32.2 Å². The summed E-state index contributed by atoms with van der Waals surface area (Å²) in [5.74, 6) is 3.87. The van der Waals surface area contributed by atoms with Gasteiger partial charge in [-0.2, -0.15) is 15.1 Å². The highest BCUT2D eigenvalue weighted by Gasteiger charge is 2.38. The Hall–Kier alpha value is -3.70. The first-order valence-corrected chi connectivity index (χ1v) is 14.9. The number of hydrogen-bond acceptors (Lipinski definition) is 9. The van der Waals surface area contributed by atoms with Crippen molar-refractivity contribution < 1.29 is 27.5 Å². The number of hydrogen-bond donors (Lipinski definition) is 3. The Balaban J connectivity index is 1.73. The van der Waals surface area contributed by atoms with E-state index in [-0.39, 0.29) is 42.0 Å². The molecule has 13 nitrogen and oxygen atoms in total. The number of nitriles is 1. The molecule has 2 atom stereocenters. The Bertz CT molecular complexity index is 1210. The van der Waals surface area contributed by atoms with Crippen molar-refractivity contribution in [2.24, 2.45) is 16.9 Å². The second kappa shape index (κ2) is 14.6. The maximum Gasteiger partial charge on any atom is 0.307 e. The fraction of sp³-hybridized carbons (Fsp3) is 0.577. The molecule has 0 unspecified atom stereocenters. The number of benzene rings is 1. The highest BCUT2D eigenvalue weighted by molar-refractivity contribution is 7.89. The van der Waals surface area contributed by atoms with Crippen LogP contribution in [0.25, 0.3) is 0 Å². The van der Waals surface area contributed by atoms with Crippen LogP contribution in [-0.2, 0) is 29.1 Å². The Kier molecular flexibility index (Phi) is 11.3. The molecule has 0 aromatic heterocycles. The molecule has 4 N–H and O–H groups in total. The van der Waals surface area contributed by atoms with E-state index in [4.69, 9.17) is 15.8 Å². The van der Waals surface area contributed by atoms with Crippen LogP contribution in [0, 0.1) is 17.2 Å². The van der Waals surface area contributed by atoms with Crippen LogP contribution in [0.15, 0.2) is 34.3 Å². The summed E-state index contributed by atoms with van der Waals surface area (Å²) in [6.45, 7) is 3.79. The summed E-state index contributed by atoms with van der Waals surface area (Å²) in [6.07, 6.45) is 4.35. The van der Waals surface area contributed by atoms with Gasteiger partial charge >= 0.3 is 5.97 Å². The third-order valence-electron chi connectivity index (χ3n) is 6.78. The van der Waals surface area contributed by atoms with Gasteiger partial charge in [-0.05, 0) is 62.8 Å². The Labute approximate surface area is 234 Å². The van der Waals surface area contributed by atoms with Crippen LogP contribution in [0.4, 0.5) is 0 Å². The molecule has 1 aliphatic carbocycles. The summed E-state index contributed by atoms with van der Waals surface area (Å²) < 4.78 is 33.8. The number of rotatable bonds is 14. The Morgan fingerprint density at radius 1 is 1.27 bits per heavy atom. The van der Waals surface area contributed by atoms with Gasteiger partial charge in [-0.1, -0.05) is 0 Å². The first-order valence-electron chi connectivity index (χ1n) is 13.4. The summed E-state index contributed by atoms with van der Waals surface area (Å²) in [6, 6.07) is 5.64. The minimum absolute atomic E-state index is 0.0400. The Morgan fingerprint density at radius 3 is 2.62 bits per heavy atom. The van der Waals surface area contributed by atoms with Crippen molar-refractivity contribution in [3.63, 3.8) is 0 Å².